The van der Waals surface area contributed by atoms with Crippen molar-refractivity contribution in [3.05, 3.63) is 102 Å². The highest BCUT2D eigenvalue weighted by Crippen LogP contribution is 2.37. The molecular formula is C26H27NO5. The number of ether oxygens (including phenoxy) is 3. The van der Waals surface area contributed by atoms with Gasteiger partial charge in [-0.3, -0.25) is 10.1 Å². The zero-order valence-corrected chi connectivity index (χ0v) is 18.2. The number of hydrogen-bond donors (Lipinski definition) is 1. The first-order chi connectivity index (χ1) is 15.6. The summed E-state index contributed by atoms with van der Waals surface area (Å²) in [7, 11) is 1.63. The van der Waals surface area contributed by atoms with Crippen LogP contribution in [0.3, 0.4) is 0 Å². The highest BCUT2D eigenvalue weighted by molar-refractivity contribution is 5.77. The van der Waals surface area contributed by atoms with Gasteiger partial charge in [0, 0.05) is 0 Å². The van der Waals surface area contributed by atoms with Crippen LogP contribution in [0.2, 0.25) is 0 Å². The molecule has 3 aromatic rings. The summed E-state index contributed by atoms with van der Waals surface area (Å²) in [5.41, 5.74) is 2.15. The number of hydrogen-bond acceptors (Lipinski definition) is 6. The fourth-order valence-corrected chi connectivity index (χ4v) is 3.57. The van der Waals surface area contributed by atoms with Crippen molar-refractivity contribution >= 4 is 11.8 Å². The molecule has 0 aliphatic rings. The van der Waals surface area contributed by atoms with Gasteiger partial charge in [-0.2, -0.15) is 0 Å². The summed E-state index contributed by atoms with van der Waals surface area (Å²) in [6.45, 7) is 0.938. The second kappa shape index (κ2) is 11.2. The maximum atomic E-state index is 12.1. The van der Waals surface area contributed by atoms with Crippen LogP contribution in [-0.4, -0.2) is 38.8 Å². The van der Waals surface area contributed by atoms with Crippen molar-refractivity contribution in [2.75, 3.05) is 27.1 Å². The molecule has 0 aliphatic carbocycles. The van der Waals surface area contributed by atoms with E-state index in [2.05, 4.69) is 5.32 Å². The molecule has 0 spiro atoms. The van der Waals surface area contributed by atoms with Gasteiger partial charge in [-0.15, -0.1) is 0 Å². The van der Waals surface area contributed by atoms with Gasteiger partial charge in [0.15, 0.2) is 5.78 Å². The summed E-state index contributed by atoms with van der Waals surface area (Å²) >= 11 is 0. The third-order valence-electron chi connectivity index (χ3n) is 5.03. The van der Waals surface area contributed by atoms with Gasteiger partial charge < -0.3 is 14.2 Å². The molecule has 0 saturated carbocycles. The van der Waals surface area contributed by atoms with Crippen LogP contribution in [0.25, 0.3) is 0 Å². The van der Waals surface area contributed by atoms with E-state index in [0.717, 1.165) is 22.4 Å². The van der Waals surface area contributed by atoms with Crippen molar-refractivity contribution in [3.63, 3.8) is 0 Å². The summed E-state index contributed by atoms with van der Waals surface area (Å²) in [6.07, 6.45) is 0. The molecule has 0 unspecified atom stereocenters. The van der Waals surface area contributed by atoms with Crippen LogP contribution in [0, 0.1) is 0 Å². The number of esters is 1. The minimum atomic E-state index is -0.782. The lowest BCUT2D eigenvalue weighted by Gasteiger charge is -2.37. The number of Topliss-reactive ketones (excluding diaryl/α,β-unsaturated/α-hetero) is 1. The molecule has 0 aliphatic heterocycles. The zero-order chi connectivity index (χ0) is 22.8. The van der Waals surface area contributed by atoms with Crippen LogP contribution in [0.1, 0.15) is 23.6 Å². The van der Waals surface area contributed by atoms with Crippen LogP contribution in [-0.2, 0) is 24.6 Å². The summed E-state index contributed by atoms with van der Waals surface area (Å²) in [5, 5.41) is 3.44. The molecule has 32 heavy (non-hydrogen) atoms. The van der Waals surface area contributed by atoms with E-state index in [0.29, 0.717) is 0 Å². The van der Waals surface area contributed by atoms with Crippen molar-refractivity contribution in [2.24, 2.45) is 0 Å². The highest BCUT2D eigenvalue weighted by atomic mass is 16.6. The summed E-state index contributed by atoms with van der Waals surface area (Å²) in [6, 6.07) is 27.7. The summed E-state index contributed by atoms with van der Waals surface area (Å²) in [4.78, 5) is 23.1. The SMILES string of the molecule is COc1ccc(C(NCOC(=O)COCC(C)=O)(c2ccccc2)c2ccccc2)cc1. The second-order valence-electron chi connectivity index (χ2n) is 7.24. The largest absolute Gasteiger partial charge is 0.497 e. The molecule has 166 valence electrons. The van der Waals surface area contributed by atoms with Crippen molar-refractivity contribution < 1.29 is 23.8 Å². The van der Waals surface area contributed by atoms with Crippen LogP contribution >= 0.6 is 0 Å². The van der Waals surface area contributed by atoms with E-state index in [1.54, 1.807) is 7.11 Å². The Morgan fingerprint density at radius 1 is 0.781 bits per heavy atom. The summed E-state index contributed by atoms with van der Waals surface area (Å²) < 4.78 is 15.8. The first kappa shape index (κ1) is 23.2. The van der Waals surface area contributed by atoms with E-state index >= 15 is 0 Å². The molecule has 0 aromatic heterocycles. The lowest BCUT2D eigenvalue weighted by Crippen LogP contribution is -2.46. The second-order valence-corrected chi connectivity index (χ2v) is 7.24. The van der Waals surface area contributed by atoms with E-state index in [4.69, 9.17) is 14.2 Å². The lowest BCUT2D eigenvalue weighted by atomic mass is 9.77. The monoisotopic (exact) mass is 433 g/mol. The smallest absolute Gasteiger partial charge is 0.333 e. The van der Waals surface area contributed by atoms with E-state index in [1.165, 1.54) is 6.92 Å². The Kier molecular flexibility index (Phi) is 8.14. The molecule has 6 heteroatoms. The minimum Gasteiger partial charge on any atom is -0.497 e. The van der Waals surface area contributed by atoms with Crippen LogP contribution < -0.4 is 10.1 Å². The first-order valence-corrected chi connectivity index (χ1v) is 10.3. The summed E-state index contributed by atoms with van der Waals surface area (Å²) in [5.74, 6) is 0.0453. The van der Waals surface area contributed by atoms with E-state index in [9.17, 15) is 9.59 Å². The number of carbonyl (C=O) groups excluding carboxylic acids is 2. The van der Waals surface area contributed by atoms with Gasteiger partial charge in [0.1, 0.15) is 25.7 Å². The van der Waals surface area contributed by atoms with Gasteiger partial charge in [-0.25, -0.2) is 4.79 Å². The molecule has 0 atom stereocenters. The number of nitrogens with one attached hydrogen (secondary N) is 1. The Balaban J connectivity index is 1.94. The van der Waals surface area contributed by atoms with Crippen molar-refractivity contribution in [1.82, 2.24) is 5.32 Å². The molecule has 3 aromatic carbocycles. The number of rotatable bonds is 11. The zero-order valence-electron chi connectivity index (χ0n) is 18.2. The fraction of sp³-hybridized carbons (Fsp3) is 0.231. The Morgan fingerprint density at radius 3 is 1.81 bits per heavy atom. The lowest BCUT2D eigenvalue weighted by molar-refractivity contribution is -0.150. The van der Waals surface area contributed by atoms with Crippen LogP contribution in [0.15, 0.2) is 84.9 Å². The molecule has 0 heterocycles. The van der Waals surface area contributed by atoms with E-state index in [1.807, 2.05) is 84.9 Å². The third kappa shape index (κ3) is 5.60. The fourth-order valence-electron chi connectivity index (χ4n) is 3.57. The highest BCUT2D eigenvalue weighted by Gasteiger charge is 2.36. The average molecular weight is 434 g/mol. The maximum absolute atomic E-state index is 12.1. The Labute approximate surface area is 188 Å². The van der Waals surface area contributed by atoms with Gasteiger partial charge >= 0.3 is 5.97 Å². The van der Waals surface area contributed by atoms with E-state index in [-0.39, 0.29) is 25.7 Å². The molecule has 0 amide bonds. The van der Waals surface area contributed by atoms with Crippen LogP contribution in [0.5, 0.6) is 5.75 Å². The molecule has 0 radical (unpaired) electrons. The number of methoxy groups -OCH3 is 1. The van der Waals surface area contributed by atoms with Gasteiger partial charge in [0.05, 0.1) is 12.6 Å². The van der Waals surface area contributed by atoms with Gasteiger partial charge in [-0.05, 0) is 35.7 Å². The van der Waals surface area contributed by atoms with Crippen LogP contribution in [0.4, 0.5) is 0 Å². The molecule has 0 bridgehead atoms. The molecular weight excluding hydrogens is 406 g/mol. The topological polar surface area (TPSA) is 73.9 Å². The maximum Gasteiger partial charge on any atom is 0.333 e. The molecule has 3 rings (SSSR count). The molecule has 6 nitrogen and oxygen atoms in total. The normalized spacial score (nSPS) is 11.1. The molecule has 0 saturated heterocycles. The van der Waals surface area contributed by atoms with Gasteiger partial charge in [0.25, 0.3) is 0 Å². The molecule has 0 fully saturated rings. The first-order valence-electron chi connectivity index (χ1n) is 10.3. The molecule has 1 N–H and O–H groups in total. The van der Waals surface area contributed by atoms with E-state index < -0.39 is 11.5 Å². The standard InChI is InChI=1S/C26H27NO5/c1-20(28)17-31-18-25(29)32-19-27-26(21-9-5-3-6-10-21,22-11-7-4-8-12-22)23-13-15-24(30-2)16-14-23/h3-16,27H,17-19H2,1-2H3. The predicted octanol–water partition coefficient (Wildman–Crippen LogP) is 3.68. The minimum absolute atomic E-state index is 0.0575. The van der Waals surface area contributed by atoms with Gasteiger partial charge in [0.2, 0.25) is 0 Å². The average Bonchev–Trinajstić information content (AvgIpc) is 2.83. The van der Waals surface area contributed by atoms with Crippen molar-refractivity contribution in [2.45, 2.75) is 12.5 Å². The van der Waals surface area contributed by atoms with Crippen molar-refractivity contribution in [1.29, 1.82) is 0 Å². The predicted molar refractivity (Wildman–Crippen MR) is 121 cm³/mol. The van der Waals surface area contributed by atoms with Crippen molar-refractivity contribution in [3.8, 4) is 5.75 Å². The number of ketones is 1. The third-order valence-corrected chi connectivity index (χ3v) is 5.03. The Hall–Kier alpha value is -3.48. The number of benzene rings is 3. The number of carbonyl (C=O) groups is 2. The Bertz CT molecular complexity index is 964. The Morgan fingerprint density at radius 2 is 1.31 bits per heavy atom. The van der Waals surface area contributed by atoms with Gasteiger partial charge in [-0.1, -0.05) is 72.8 Å². The quantitative estimate of drug-likeness (QED) is 0.283.